The molecule has 3 aromatic rings. The summed E-state index contributed by atoms with van der Waals surface area (Å²) in [7, 11) is 2.15. The van der Waals surface area contributed by atoms with Crippen LogP contribution in [0.15, 0.2) is 41.2 Å². The number of pyridine rings is 1. The fourth-order valence-electron chi connectivity index (χ4n) is 3.88. The third-order valence-electron chi connectivity index (χ3n) is 5.23. The van der Waals surface area contributed by atoms with Crippen LogP contribution in [0.1, 0.15) is 30.5 Å². The summed E-state index contributed by atoms with van der Waals surface area (Å²) in [5, 5.41) is 4.69. The lowest BCUT2D eigenvalue weighted by atomic mass is 10.0. The zero-order valence-electron chi connectivity index (χ0n) is 14.2. The molecule has 124 valence electrons. The highest BCUT2D eigenvalue weighted by molar-refractivity contribution is 5.86. The van der Waals surface area contributed by atoms with Crippen LogP contribution in [0.3, 0.4) is 0 Å². The van der Waals surface area contributed by atoms with Crippen molar-refractivity contribution in [1.82, 2.24) is 14.9 Å². The van der Waals surface area contributed by atoms with Crippen LogP contribution >= 0.6 is 0 Å². The summed E-state index contributed by atoms with van der Waals surface area (Å²) in [6.07, 6.45) is 2.10. The van der Waals surface area contributed by atoms with Crippen molar-refractivity contribution in [1.29, 1.82) is 0 Å². The highest BCUT2D eigenvalue weighted by atomic mass is 16.1. The minimum atomic E-state index is -0.0481. The second-order valence-electron chi connectivity index (χ2n) is 6.67. The van der Waals surface area contributed by atoms with E-state index in [-0.39, 0.29) is 5.56 Å². The topological polar surface area (TPSA) is 49.8 Å². The lowest BCUT2D eigenvalue weighted by Crippen LogP contribution is -2.10. The van der Waals surface area contributed by atoms with E-state index in [1.807, 2.05) is 6.07 Å². The fraction of sp³-hybridized carbons (Fsp3) is 0.350. The van der Waals surface area contributed by atoms with Gasteiger partial charge in [0, 0.05) is 42.2 Å². The van der Waals surface area contributed by atoms with Crippen LogP contribution in [0.5, 0.6) is 0 Å². The minimum absolute atomic E-state index is 0.0481. The van der Waals surface area contributed by atoms with Gasteiger partial charge in [-0.25, -0.2) is 0 Å². The van der Waals surface area contributed by atoms with Gasteiger partial charge in [0.05, 0.1) is 5.69 Å². The highest BCUT2D eigenvalue weighted by Gasteiger charge is 2.20. The number of aryl methyl sites for hydroxylation is 2. The van der Waals surface area contributed by atoms with Crippen LogP contribution in [0.2, 0.25) is 0 Å². The average Bonchev–Trinajstić information content (AvgIpc) is 3.22. The molecule has 4 rings (SSSR count). The molecule has 1 unspecified atom stereocenters. The largest absolute Gasteiger partial charge is 0.347 e. The van der Waals surface area contributed by atoms with E-state index in [1.54, 1.807) is 6.07 Å². The van der Waals surface area contributed by atoms with E-state index in [0.717, 1.165) is 30.8 Å². The first-order chi connectivity index (χ1) is 11.7. The Morgan fingerprint density at radius 3 is 2.83 bits per heavy atom. The first-order valence-electron chi connectivity index (χ1n) is 8.70. The van der Waals surface area contributed by atoms with E-state index in [9.17, 15) is 4.79 Å². The van der Waals surface area contributed by atoms with Crippen molar-refractivity contribution < 1.29 is 0 Å². The van der Waals surface area contributed by atoms with Gasteiger partial charge in [-0.05, 0) is 48.7 Å². The van der Waals surface area contributed by atoms with Crippen LogP contribution in [0, 0.1) is 0 Å². The Balaban J connectivity index is 1.84. The van der Waals surface area contributed by atoms with E-state index >= 15 is 0 Å². The molecule has 1 atom stereocenters. The van der Waals surface area contributed by atoms with Crippen LogP contribution in [0.4, 0.5) is 0 Å². The molecule has 1 aliphatic rings. The van der Waals surface area contributed by atoms with E-state index < -0.39 is 0 Å². The first kappa shape index (κ1) is 15.2. The normalized spacial score (nSPS) is 17.7. The van der Waals surface area contributed by atoms with Gasteiger partial charge in [-0.2, -0.15) is 0 Å². The molecule has 0 amide bonds. The van der Waals surface area contributed by atoms with Gasteiger partial charge in [-0.3, -0.25) is 4.79 Å². The molecule has 4 heteroatoms. The smallest absolute Gasteiger partial charge is 0.248 e. The third-order valence-corrected chi connectivity index (χ3v) is 5.23. The van der Waals surface area contributed by atoms with Crippen LogP contribution in [0.25, 0.3) is 22.2 Å². The maximum Gasteiger partial charge on any atom is 0.248 e. The van der Waals surface area contributed by atoms with Gasteiger partial charge in [0.25, 0.3) is 0 Å². The lowest BCUT2D eigenvalue weighted by molar-refractivity contribution is 0.694. The molecule has 1 aliphatic heterocycles. The molecule has 0 radical (unpaired) electrons. The number of rotatable bonds is 3. The Hall–Kier alpha value is -2.33. The maximum atomic E-state index is 11.8. The van der Waals surface area contributed by atoms with Crippen LogP contribution in [-0.2, 0) is 13.5 Å². The Morgan fingerprint density at radius 1 is 1.21 bits per heavy atom. The number of aromatic amines is 1. The molecule has 0 aliphatic carbocycles. The molecule has 2 aromatic heterocycles. The summed E-state index contributed by atoms with van der Waals surface area (Å²) >= 11 is 0. The molecular weight excluding hydrogens is 298 g/mol. The Bertz CT molecular complexity index is 945. The van der Waals surface area contributed by atoms with Gasteiger partial charge in [-0.1, -0.05) is 19.1 Å². The van der Waals surface area contributed by atoms with Gasteiger partial charge < -0.3 is 14.9 Å². The van der Waals surface area contributed by atoms with E-state index in [1.165, 1.54) is 28.6 Å². The van der Waals surface area contributed by atoms with Gasteiger partial charge >= 0.3 is 0 Å². The molecule has 1 aromatic carbocycles. The first-order valence-corrected chi connectivity index (χ1v) is 8.70. The number of hydrogen-bond donors (Lipinski definition) is 2. The van der Waals surface area contributed by atoms with Crippen molar-refractivity contribution >= 4 is 10.9 Å². The number of nitrogens with zero attached hydrogens (tertiary/aromatic N) is 1. The fourth-order valence-corrected chi connectivity index (χ4v) is 3.88. The predicted octanol–water partition coefficient (Wildman–Crippen LogP) is 3.17. The summed E-state index contributed by atoms with van der Waals surface area (Å²) in [4.78, 5) is 14.8. The third kappa shape index (κ3) is 2.47. The summed E-state index contributed by atoms with van der Waals surface area (Å²) in [6.45, 7) is 4.27. The van der Waals surface area contributed by atoms with E-state index in [2.05, 4.69) is 53.1 Å². The molecule has 4 nitrogen and oxygen atoms in total. The Kier molecular flexibility index (Phi) is 3.77. The molecular formula is C20H23N3O. The zero-order chi connectivity index (χ0) is 16.7. The van der Waals surface area contributed by atoms with Crippen molar-refractivity contribution in [3.05, 3.63) is 58.0 Å². The van der Waals surface area contributed by atoms with E-state index in [4.69, 9.17) is 0 Å². The molecule has 1 saturated heterocycles. The molecule has 0 spiro atoms. The SMILES string of the molecule is CCc1ccc(=O)[nH]c1-c1ccc2c(c1)cc(C1CCNC1)n2C. The number of benzene rings is 1. The summed E-state index contributed by atoms with van der Waals surface area (Å²) in [6, 6.07) is 12.3. The monoisotopic (exact) mass is 321 g/mol. The van der Waals surface area contributed by atoms with Crippen molar-refractivity contribution in [2.45, 2.75) is 25.7 Å². The predicted molar refractivity (Wildman–Crippen MR) is 98.6 cm³/mol. The second-order valence-corrected chi connectivity index (χ2v) is 6.67. The number of hydrogen-bond acceptors (Lipinski definition) is 2. The lowest BCUT2D eigenvalue weighted by Gasteiger charge is -2.10. The maximum absolute atomic E-state index is 11.8. The van der Waals surface area contributed by atoms with Crippen LogP contribution in [-0.4, -0.2) is 22.6 Å². The van der Waals surface area contributed by atoms with Gasteiger partial charge in [-0.15, -0.1) is 0 Å². The number of fused-ring (bicyclic) bond motifs is 1. The average molecular weight is 321 g/mol. The molecule has 0 saturated carbocycles. The second kappa shape index (κ2) is 5.95. The van der Waals surface area contributed by atoms with Crippen molar-refractivity contribution in [3.63, 3.8) is 0 Å². The molecule has 0 bridgehead atoms. The quantitative estimate of drug-likeness (QED) is 0.778. The Morgan fingerprint density at radius 2 is 2.08 bits per heavy atom. The van der Waals surface area contributed by atoms with E-state index in [0.29, 0.717) is 5.92 Å². The van der Waals surface area contributed by atoms with Gasteiger partial charge in [0.15, 0.2) is 0 Å². The summed E-state index contributed by atoms with van der Waals surface area (Å²) < 4.78 is 2.31. The van der Waals surface area contributed by atoms with Crippen molar-refractivity contribution in [3.8, 4) is 11.3 Å². The molecule has 2 N–H and O–H groups in total. The number of H-pyrrole nitrogens is 1. The van der Waals surface area contributed by atoms with Crippen LogP contribution < -0.4 is 10.9 Å². The van der Waals surface area contributed by atoms with Crippen molar-refractivity contribution in [2.75, 3.05) is 13.1 Å². The number of nitrogens with one attached hydrogen (secondary N) is 2. The van der Waals surface area contributed by atoms with Gasteiger partial charge in [0.1, 0.15) is 0 Å². The Labute approximate surface area is 141 Å². The highest BCUT2D eigenvalue weighted by Crippen LogP contribution is 2.31. The van der Waals surface area contributed by atoms with Crippen molar-refractivity contribution in [2.24, 2.45) is 7.05 Å². The molecule has 1 fully saturated rings. The summed E-state index contributed by atoms with van der Waals surface area (Å²) in [5.74, 6) is 0.591. The standard InChI is InChI=1S/C20H23N3O/c1-3-13-5-7-19(24)22-20(13)14-4-6-17-16(10-14)11-18(23(17)2)15-8-9-21-12-15/h4-7,10-11,15,21H,3,8-9,12H2,1-2H3,(H,22,24). The summed E-state index contributed by atoms with van der Waals surface area (Å²) in [5.41, 5.74) is 5.79. The molecule has 24 heavy (non-hydrogen) atoms. The number of aromatic nitrogens is 2. The zero-order valence-corrected chi connectivity index (χ0v) is 14.2. The van der Waals surface area contributed by atoms with Gasteiger partial charge in [0.2, 0.25) is 5.56 Å². The molecule has 3 heterocycles. The minimum Gasteiger partial charge on any atom is -0.347 e.